The standard InChI is InChI=1S/C26H30N4O4/c1-25-9-10-26(15-25,16-33-25)21-14-30-13-18(23(31)27-19-8-5-11-29(2)24(19)32)20(12-22(30)28-21)34-17-6-3-4-7-17/h5,8,11-14,17H,3-4,6-7,9-10,15-16H2,1-2H3,(H,27,31). The summed E-state index contributed by atoms with van der Waals surface area (Å²) >= 11 is 0. The number of nitrogens with one attached hydrogen (secondary N) is 1. The predicted molar refractivity (Wildman–Crippen MR) is 128 cm³/mol. The minimum absolute atomic E-state index is 0.0561. The number of fused-ring (bicyclic) bond motifs is 3. The largest absolute Gasteiger partial charge is 0.489 e. The molecule has 2 atom stereocenters. The molecule has 2 bridgehead atoms. The molecule has 2 unspecified atom stereocenters. The van der Waals surface area contributed by atoms with Crippen molar-refractivity contribution >= 4 is 17.2 Å². The Morgan fingerprint density at radius 1 is 1.26 bits per heavy atom. The lowest BCUT2D eigenvalue weighted by atomic mass is 9.84. The van der Waals surface area contributed by atoms with Gasteiger partial charge in [-0.25, -0.2) is 4.98 Å². The van der Waals surface area contributed by atoms with E-state index in [1.165, 1.54) is 4.57 Å². The fourth-order valence-electron chi connectivity index (χ4n) is 5.85. The molecule has 3 fully saturated rings. The molecule has 178 valence electrons. The van der Waals surface area contributed by atoms with Crippen molar-refractivity contribution in [1.82, 2.24) is 14.0 Å². The van der Waals surface area contributed by atoms with Gasteiger partial charge in [0, 0.05) is 37.1 Å². The van der Waals surface area contributed by atoms with Gasteiger partial charge in [-0.1, -0.05) is 0 Å². The van der Waals surface area contributed by atoms with E-state index < -0.39 is 0 Å². The van der Waals surface area contributed by atoms with Crippen LogP contribution in [-0.4, -0.2) is 38.2 Å². The molecule has 6 rings (SSSR count). The third-order valence-electron chi connectivity index (χ3n) is 7.85. The van der Waals surface area contributed by atoms with Crippen molar-refractivity contribution in [3.8, 4) is 5.75 Å². The summed E-state index contributed by atoms with van der Waals surface area (Å²) < 4.78 is 15.7. The van der Waals surface area contributed by atoms with Gasteiger partial charge in [0.05, 0.1) is 29.6 Å². The number of amides is 1. The summed E-state index contributed by atoms with van der Waals surface area (Å²) in [6.07, 6.45) is 12.8. The van der Waals surface area contributed by atoms with Gasteiger partial charge in [-0.2, -0.15) is 0 Å². The third kappa shape index (κ3) is 3.52. The predicted octanol–water partition coefficient (Wildman–Crippen LogP) is 3.82. The van der Waals surface area contributed by atoms with Gasteiger partial charge in [0.1, 0.15) is 17.1 Å². The third-order valence-corrected chi connectivity index (χ3v) is 7.85. The van der Waals surface area contributed by atoms with Crippen LogP contribution in [0.2, 0.25) is 0 Å². The van der Waals surface area contributed by atoms with E-state index in [1.807, 2.05) is 16.7 Å². The lowest BCUT2D eigenvalue weighted by Crippen LogP contribution is -2.26. The topological polar surface area (TPSA) is 86.9 Å². The molecule has 1 N–H and O–H groups in total. The number of carbonyl (C=O) groups excluding carboxylic acids is 1. The van der Waals surface area contributed by atoms with Crippen LogP contribution in [0.1, 0.15) is 67.9 Å². The first-order valence-electron chi connectivity index (χ1n) is 12.2. The van der Waals surface area contributed by atoms with E-state index >= 15 is 0 Å². The Balaban J connectivity index is 1.39. The van der Waals surface area contributed by atoms with Crippen molar-refractivity contribution in [2.75, 3.05) is 11.9 Å². The van der Waals surface area contributed by atoms with Gasteiger partial charge in [0.2, 0.25) is 0 Å². The molecule has 1 amide bonds. The fourth-order valence-corrected chi connectivity index (χ4v) is 5.85. The number of aromatic nitrogens is 3. The van der Waals surface area contributed by atoms with Crippen molar-refractivity contribution in [1.29, 1.82) is 0 Å². The summed E-state index contributed by atoms with van der Waals surface area (Å²) in [4.78, 5) is 30.8. The summed E-state index contributed by atoms with van der Waals surface area (Å²) in [5.41, 5.74) is 2.02. The van der Waals surface area contributed by atoms with Gasteiger partial charge in [-0.15, -0.1) is 0 Å². The molecule has 3 aliphatic rings. The lowest BCUT2D eigenvalue weighted by molar-refractivity contribution is -0.00627. The summed E-state index contributed by atoms with van der Waals surface area (Å²) in [5, 5.41) is 2.78. The Bertz CT molecular complexity index is 1330. The highest BCUT2D eigenvalue weighted by atomic mass is 16.5. The van der Waals surface area contributed by atoms with E-state index in [9.17, 15) is 9.59 Å². The van der Waals surface area contributed by atoms with Crippen molar-refractivity contribution in [2.45, 2.75) is 69.0 Å². The number of imidazole rings is 1. The van der Waals surface area contributed by atoms with E-state index in [4.69, 9.17) is 14.5 Å². The molecule has 0 spiro atoms. The second-order valence-corrected chi connectivity index (χ2v) is 10.5. The van der Waals surface area contributed by atoms with Crippen molar-refractivity contribution < 1.29 is 14.3 Å². The quantitative estimate of drug-likeness (QED) is 0.623. The summed E-state index contributed by atoms with van der Waals surface area (Å²) in [5.74, 6) is 0.141. The van der Waals surface area contributed by atoms with E-state index in [0.29, 0.717) is 17.9 Å². The van der Waals surface area contributed by atoms with Gasteiger partial charge in [0.15, 0.2) is 0 Å². The molecule has 8 heteroatoms. The maximum absolute atomic E-state index is 13.4. The molecule has 8 nitrogen and oxygen atoms in total. The Morgan fingerprint density at radius 3 is 2.79 bits per heavy atom. The van der Waals surface area contributed by atoms with Crippen LogP contribution in [0.3, 0.4) is 0 Å². The second kappa shape index (κ2) is 7.70. The van der Waals surface area contributed by atoms with Crippen LogP contribution in [0.4, 0.5) is 5.69 Å². The number of nitrogens with zero attached hydrogens (tertiary/aromatic N) is 3. The Hall–Kier alpha value is -3.13. The smallest absolute Gasteiger partial charge is 0.274 e. The molecule has 0 radical (unpaired) electrons. The van der Waals surface area contributed by atoms with E-state index in [-0.39, 0.29) is 34.3 Å². The Morgan fingerprint density at radius 2 is 2.09 bits per heavy atom. The zero-order valence-corrected chi connectivity index (χ0v) is 19.7. The van der Waals surface area contributed by atoms with Crippen LogP contribution in [0.25, 0.3) is 5.65 Å². The SMILES string of the molecule is Cn1cccc(NC(=O)c2cn3cc(C45CCC(C)(C4)OC5)nc3cc2OC2CCCC2)c1=O. The van der Waals surface area contributed by atoms with Gasteiger partial charge in [0.25, 0.3) is 11.5 Å². The minimum Gasteiger partial charge on any atom is -0.489 e. The van der Waals surface area contributed by atoms with Gasteiger partial charge in [-0.05, 0) is 64.0 Å². The first kappa shape index (κ1) is 21.4. The van der Waals surface area contributed by atoms with Crippen LogP contribution < -0.4 is 15.6 Å². The number of ether oxygens (including phenoxy) is 2. The maximum atomic E-state index is 13.4. The first-order valence-corrected chi connectivity index (χ1v) is 12.2. The molecule has 3 aromatic heterocycles. The van der Waals surface area contributed by atoms with Crippen LogP contribution in [0, 0.1) is 0 Å². The molecule has 3 aromatic rings. The molecule has 34 heavy (non-hydrogen) atoms. The van der Waals surface area contributed by atoms with Crippen LogP contribution in [-0.2, 0) is 17.2 Å². The summed E-state index contributed by atoms with van der Waals surface area (Å²) in [7, 11) is 1.66. The van der Waals surface area contributed by atoms with Crippen LogP contribution >= 0.6 is 0 Å². The molecule has 2 saturated carbocycles. The Labute approximate surface area is 197 Å². The van der Waals surface area contributed by atoms with E-state index in [0.717, 1.165) is 56.3 Å². The number of anilines is 1. The van der Waals surface area contributed by atoms with Crippen molar-refractivity contribution in [2.24, 2.45) is 7.05 Å². The van der Waals surface area contributed by atoms with Crippen LogP contribution in [0.15, 0.2) is 41.6 Å². The zero-order chi connectivity index (χ0) is 23.5. The summed E-state index contributed by atoms with van der Waals surface area (Å²) in [6.45, 7) is 2.87. The first-order chi connectivity index (χ1) is 16.3. The number of hydrogen-bond donors (Lipinski definition) is 1. The van der Waals surface area contributed by atoms with E-state index in [2.05, 4.69) is 12.2 Å². The minimum atomic E-state index is -0.371. The fraction of sp³-hybridized carbons (Fsp3) is 0.500. The average molecular weight is 463 g/mol. The zero-order valence-electron chi connectivity index (χ0n) is 19.7. The molecular weight excluding hydrogens is 432 g/mol. The second-order valence-electron chi connectivity index (χ2n) is 10.5. The van der Waals surface area contributed by atoms with Crippen LogP contribution in [0.5, 0.6) is 5.75 Å². The summed E-state index contributed by atoms with van der Waals surface area (Å²) in [6, 6.07) is 5.21. The van der Waals surface area contributed by atoms with Gasteiger partial charge >= 0.3 is 0 Å². The maximum Gasteiger partial charge on any atom is 0.274 e. The molecule has 4 heterocycles. The molecule has 0 aromatic carbocycles. The highest BCUT2D eigenvalue weighted by molar-refractivity contribution is 6.06. The highest BCUT2D eigenvalue weighted by Crippen LogP contribution is 2.53. The molecule has 1 saturated heterocycles. The number of rotatable bonds is 5. The van der Waals surface area contributed by atoms with Gasteiger partial charge in [-0.3, -0.25) is 9.59 Å². The highest BCUT2D eigenvalue weighted by Gasteiger charge is 2.55. The molecular formula is C26H30N4O4. The van der Waals surface area contributed by atoms with Gasteiger partial charge < -0.3 is 23.8 Å². The lowest BCUT2D eigenvalue weighted by Gasteiger charge is -2.24. The number of carbonyl (C=O) groups is 1. The monoisotopic (exact) mass is 462 g/mol. The van der Waals surface area contributed by atoms with Crippen molar-refractivity contribution in [3.63, 3.8) is 0 Å². The number of hydrogen-bond acceptors (Lipinski definition) is 5. The average Bonchev–Trinajstić information content (AvgIpc) is 3.59. The molecule has 1 aliphatic heterocycles. The van der Waals surface area contributed by atoms with E-state index in [1.54, 1.807) is 31.6 Å². The normalized spacial score (nSPS) is 26.4. The number of pyridine rings is 2. The molecule has 2 aliphatic carbocycles. The van der Waals surface area contributed by atoms with Crippen molar-refractivity contribution in [3.05, 3.63) is 58.4 Å². The number of aryl methyl sites for hydroxylation is 1. The Kier molecular flexibility index (Phi) is 4.85.